The fourth-order valence-corrected chi connectivity index (χ4v) is 3.51. The van der Waals surface area contributed by atoms with Gasteiger partial charge in [0.15, 0.2) is 0 Å². The summed E-state index contributed by atoms with van der Waals surface area (Å²) in [5.74, 6) is 0. The third-order valence-corrected chi connectivity index (χ3v) is 5.02. The van der Waals surface area contributed by atoms with Crippen LogP contribution in [0.5, 0.6) is 0 Å². The second kappa shape index (κ2) is 11.2. The fourth-order valence-electron chi connectivity index (χ4n) is 3.51. The van der Waals surface area contributed by atoms with Crippen molar-refractivity contribution in [2.75, 3.05) is 39.5 Å². The molecule has 3 rings (SSSR count). The number of ether oxygens (including phenoxy) is 1. The molecule has 1 aliphatic carbocycles. The van der Waals surface area contributed by atoms with Gasteiger partial charge < -0.3 is 9.84 Å². The predicted octanol–water partition coefficient (Wildman–Crippen LogP) is 3.13. The van der Waals surface area contributed by atoms with E-state index in [9.17, 15) is 5.11 Å². The van der Waals surface area contributed by atoms with Crippen molar-refractivity contribution in [3.8, 4) is 0 Å². The van der Waals surface area contributed by atoms with Crippen molar-refractivity contribution in [2.45, 2.75) is 38.2 Å². The van der Waals surface area contributed by atoms with Gasteiger partial charge in [0.2, 0.25) is 0 Å². The summed E-state index contributed by atoms with van der Waals surface area (Å²) in [6.45, 7) is 4.13. The van der Waals surface area contributed by atoms with E-state index in [1.807, 2.05) is 6.07 Å². The van der Waals surface area contributed by atoms with Gasteiger partial charge in [0.1, 0.15) is 6.61 Å². The highest BCUT2D eigenvalue weighted by Crippen LogP contribution is 2.23. The van der Waals surface area contributed by atoms with Crippen LogP contribution in [0.15, 0.2) is 47.7 Å². The van der Waals surface area contributed by atoms with E-state index in [1.54, 1.807) is 0 Å². The first kappa shape index (κ1) is 20.1. The molecule has 0 aromatic heterocycles. The Morgan fingerprint density at radius 3 is 2.78 bits per heavy atom. The van der Waals surface area contributed by atoms with Gasteiger partial charge in [0.05, 0.1) is 25.0 Å². The molecule has 2 N–H and O–H groups in total. The highest BCUT2D eigenvalue weighted by molar-refractivity contribution is 5.57. The number of hydroxylamine groups is 1. The molecule has 5 nitrogen and oxygen atoms in total. The van der Waals surface area contributed by atoms with Crippen LogP contribution in [0.2, 0.25) is 0 Å². The van der Waals surface area contributed by atoms with Gasteiger partial charge in [-0.25, -0.2) is 0 Å². The summed E-state index contributed by atoms with van der Waals surface area (Å²) in [6, 6.07) is 10.4. The molecule has 0 unspecified atom stereocenters. The van der Waals surface area contributed by atoms with Crippen molar-refractivity contribution >= 4 is 6.08 Å². The normalized spacial score (nSPS) is 22.0. The largest absolute Gasteiger partial charge is 0.389 e. The first-order valence-corrected chi connectivity index (χ1v) is 10.1. The number of aliphatic hydroxyl groups excluding tert-OH is 1. The number of nitrogens with one attached hydrogen (secondary N) is 1. The molecule has 0 bridgehead atoms. The molecule has 1 heterocycles. The Kier molecular flexibility index (Phi) is 8.36. The molecule has 27 heavy (non-hydrogen) atoms. The van der Waals surface area contributed by atoms with E-state index in [0.29, 0.717) is 6.54 Å². The Labute approximate surface area is 162 Å². The summed E-state index contributed by atoms with van der Waals surface area (Å²) in [7, 11) is 0. The number of allylic oxidation sites excluding steroid dienone is 2. The minimum Gasteiger partial charge on any atom is -0.389 e. The van der Waals surface area contributed by atoms with Crippen LogP contribution >= 0.6 is 0 Å². The summed E-state index contributed by atoms with van der Waals surface area (Å²) in [6.07, 6.45) is 9.70. The quantitative estimate of drug-likeness (QED) is 0.720. The first-order valence-electron chi connectivity index (χ1n) is 10.1. The predicted molar refractivity (Wildman–Crippen MR) is 108 cm³/mol. The van der Waals surface area contributed by atoms with Gasteiger partial charge in [0.25, 0.3) is 0 Å². The number of morpholine rings is 1. The summed E-state index contributed by atoms with van der Waals surface area (Å²) >= 11 is 0. The van der Waals surface area contributed by atoms with Gasteiger partial charge in [-0.1, -0.05) is 42.8 Å². The maximum absolute atomic E-state index is 10.3. The average Bonchev–Trinajstić information content (AvgIpc) is 2.68. The molecule has 1 aromatic carbocycles. The van der Waals surface area contributed by atoms with Crippen LogP contribution in [0.1, 0.15) is 37.7 Å². The SMILES string of the molecule is O[C@H](CONC1=CCCCCCC1=Cc1ccccc1)CN1CCOCC1. The van der Waals surface area contributed by atoms with E-state index in [-0.39, 0.29) is 6.61 Å². The van der Waals surface area contributed by atoms with E-state index in [2.05, 4.69) is 46.8 Å². The van der Waals surface area contributed by atoms with Gasteiger partial charge in [-0.15, -0.1) is 0 Å². The van der Waals surface area contributed by atoms with Crippen molar-refractivity contribution in [2.24, 2.45) is 0 Å². The maximum Gasteiger partial charge on any atom is 0.102 e. The molecular weight excluding hydrogens is 340 g/mol. The number of hydrogen-bond acceptors (Lipinski definition) is 5. The van der Waals surface area contributed by atoms with Crippen LogP contribution in [-0.4, -0.2) is 55.6 Å². The van der Waals surface area contributed by atoms with Crippen LogP contribution in [0.25, 0.3) is 6.08 Å². The van der Waals surface area contributed by atoms with Crippen molar-refractivity contribution in [1.82, 2.24) is 10.4 Å². The van der Waals surface area contributed by atoms with Crippen molar-refractivity contribution in [1.29, 1.82) is 0 Å². The number of β-amino-alcohol motifs (C(OH)–C–C–N with tert-alkyl or cyclic N) is 1. The topological polar surface area (TPSA) is 54.0 Å². The Hall–Kier alpha value is -1.66. The fraction of sp³-hybridized carbons (Fsp3) is 0.545. The molecule has 2 aliphatic rings. The van der Waals surface area contributed by atoms with Crippen molar-refractivity contribution < 1.29 is 14.7 Å². The Balaban J connectivity index is 1.54. The minimum atomic E-state index is -0.508. The lowest BCUT2D eigenvalue weighted by atomic mass is 9.97. The number of nitrogens with zero attached hydrogens (tertiary/aromatic N) is 1. The summed E-state index contributed by atoms with van der Waals surface area (Å²) in [5.41, 5.74) is 6.63. The lowest BCUT2D eigenvalue weighted by Crippen LogP contribution is -2.42. The number of benzene rings is 1. The zero-order chi connectivity index (χ0) is 18.7. The second-order valence-electron chi connectivity index (χ2n) is 7.28. The standard InChI is InChI=1S/C22H32N2O3/c25-21(17-24-12-14-26-15-13-24)18-27-23-22-11-7-2-1-6-10-20(22)16-19-8-4-3-5-9-19/h3-5,8-9,11,16,21,23,25H,1-2,6-7,10,12-15,17-18H2/t21-/m0/s1. The van der Waals surface area contributed by atoms with Crippen LogP contribution in [0.3, 0.4) is 0 Å². The minimum absolute atomic E-state index is 0.271. The first-order chi connectivity index (χ1) is 13.3. The van der Waals surface area contributed by atoms with Crippen LogP contribution < -0.4 is 5.48 Å². The molecule has 1 atom stereocenters. The lowest BCUT2D eigenvalue weighted by Gasteiger charge is -2.28. The number of aliphatic hydroxyl groups is 1. The van der Waals surface area contributed by atoms with E-state index >= 15 is 0 Å². The van der Waals surface area contributed by atoms with Crippen molar-refractivity contribution in [3.05, 3.63) is 53.2 Å². The average molecular weight is 373 g/mol. The molecule has 1 aromatic rings. The van der Waals surface area contributed by atoms with Crippen LogP contribution in [0, 0.1) is 0 Å². The Morgan fingerprint density at radius 2 is 1.96 bits per heavy atom. The third-order valence-electron chi connectivity index (χ3n) is 5.02. The van der Waals surface area contributed by atoms with Crippen molar-refractivity contribution in [3.63, 3.8) is 0 Å². The number of rotatable bonds is 7. The Morgan fingerprint density at radius 1 is 1.15 bits per heavy atom. The molecule has 0 spiro atoms. The smallest absolute Gasteiger partial charge is 0.102 e. The molecule has 1 saturated heterocycles. The molecule has 0 amide bonds. The van der Waals surface area contributed by atoms with Gasteiger partial charge in [-0.3, -0.25) is 15.2 Å². The van der Waals surface area contributed by atoms with Gasteiger partial charge in [-0.2, -0.15) is 0 Å². The van der Waals surface area contributed by atoms with E-state index in [0.717, 1.165) is 44.8 Å². The number of hydrogen-bond donors (Lipinski definition) is 2. The molecule has 0 radical (unpaired) electrons. The monoisotopic (exact) mass is 372 g/mol. The van der Waals surface area contributed by atoms with E-state index < -0.39 is 6.10 Å². The van der Waals surface area contributed by atoms with Crippen LogP contribution in [-0.2, 0) is 9.57 Å². The zero-order valence-corrected chi connectivity index (χ0v) is 16.1. The Bertz CT molecular complexity index is 609. The maximum atomic E-state index is 10.3. The zero-order valence-electron chi connectivity index (χ0n) is 16.1. The molecule has 0 saturated carbocycles. The summed E-state index contributed by atoms with van der Waals surface area (Å²) in [5, 5.41) is 10.3. The highest BCUT2D eigenvalue weighted by atomic mass is 16.6. The molecular formula is C22H32N2O3. The summed E-state index contributed by atoms with van der Waals surface area (Å²) in [4.78, 5) is 7.89. The van der Waals surface area contributed by atoms with E-state index in [1.165, 1.54) is 30.4 Å². The summed E-state index contributed by atoms with van der Waals surface area (Å²) < 4.78 is 5.34. The molecule has 1 aliphatic heterocycles. The van der Waals surface area contributed by atoms with Crippen LogP contribution in [0.4, 0.5) is 0 Å². The molecule has 1 fully saturated rings. The third kappa shape index (κ3) is 7.11. The highest BCUT2D eigenvalue weighted by Gasteiger charge is 2.16. The lowest BCUT2D eigenvalue weighted by molar-refractivity contribution is -0.0341. The van der Waals surface area contributed by atoms with Gasteiger partial charge in [-0.05, 0) is 42.9 Å². The second-order valence-corrected chi connectivity index (χ2v) is 7.28. The van der Waals surface area contributed by atoms with Gasteiger partial charge in [0, 0.05) is 19.6 Å². The molecule has 5 heteroatoms. The van der Waals surface area contributed by atoms with E-state index in [4.69, 9.17) is 9.57 Å². The van der Waals surface area contributed by atoms with Gasteiger partial charge >= 0.3 is 0 Å². The molecule has 148 valence electrons.